The van der Waals surface area contributed by atoms with Crippen molar-refractivity contribution in [2.75, 3.05) is 26.2 Å². The zero-order chi connectivity index (χ0) is 19.8. The second-order valence-electron chi connectivity index (χ2n) is 6.12. The molecule has 0 unspecified atom stereocenters. The number of hydrogen-bond donors (Lipinski definition) is 1. The van der Waals surface area contributed by atoms with Gasteiger partial charge in [-0.1, -0.05) is 6.07 Å². The Balaban J connectivity index is 2.22. The molecule has 10 heteroatoms. The van der Waals surface area contributed by atoms with Crippen molar-refractivity contribution in [2.45, 2.75) is 18.4 Å². The summed E-state index contributed by atoms with van der Waals surface area (Å²) in [5, 5.41) is 4.69. The minimum atomic E-state index is -5.12. The second kappa shape index (κ2) is 7.40. The monoisotopic (exact) mass is 412 g/mol. The molecule has 2 aromatic rings. The number of alkyl halides is 6. The predicted octanol–water partition coefficient (Wildman–Crippen LogP) is 4.92. The summed E-state index contributed by atoms with van der Waals surface area (Å²) in [6.07, 6.45) is -10.2. The van der Waals surface area contributed by atoms with Crippen LogP contribution in [0.4, 0.5) is 30.7 Å². The Morgan fingerprint density at radius 3 is 2.19 bits per heavy atom. The molecule has 1 aromatic carbocycles. The highest BCUT2D eigenvalue weighted by atomic mass is 32.1. The molecule has 1 atom stereocenters. The largest absolute Gasteiger partial charge is 0.416 e. The van der Waals surface area contributed by atoms with Crippen molar-refractivity contribution in [3.63, 3.8) is 0 Å². The molecule has 0 amide bonds. The van der Waals surface area contributed by atoms with Crippen molar-refractivity contribution < 1.29 is 30.7 Å². The van der Waals surface area contributed by atoms with Gasteiger partial charge < -0.3 is 5.32 Å². The second-order valence-corrected chi connectivity index (χ2v) is 7.10. The molecule has 1 saturated heterocycles. The summed E-state index contributed by atoms with van der Waals surface area (Å²) in [5.74, 6) is -1.51. The number of nitrogens with zero attached hydrogens (tertiary/aromatic N) is 1. The van der Waals surface area contributed by atoms with Crippen molar-refractivity contribution in [3.05, 3.63) is 57.0 Å². The van der Waals surface area contributed by atoms with Crippen molar-refractivity contribution >= 4 is 11.3 Å². The Morgan fingerprint density at radius 1 is 1.00 bits per heavy atom. The molecule has 27 heavy (non-hydrogen) atoms. The third-order valence-electron chi connectivity index (χ3n) is 4.37. The summed E-state index contributed by atoms with van der Waals surface area (Å²) in [7, 11) is 0. The first-order valence-electron chi connectivity index (χ1n) is 8.05. The fraction of sp³-hybridized carbons (Fsp3) is 0.412. The van der Waals surface area contributed by atoms with Crippen LogP contribution in [0.5, 0.6) is 0 Å². The molecular formula is C17H15F7N2S. The maximum Gasteiger partial charge on any atom is 0.416 e. The van der Waals surface area contributed by atoms with Crippen molar-refractivity contribution in [1.82, 2.24) is 10.2 Å². The molecule has 1 N–H and O–H groups in total. The first-order chi connectivity index (χ1) is 12.6. The minimum absolute atomic E-state index is 0.00121. The van der Waals surface area contributed by atoms with E-state index in [1.807, 2.05) is 0 Å². The van der Waals surface area contributed by atoms with Gasteiger partial charge in [0.25, 0.3) is 0 Å². The van der Waals surface area contributed by atoms with Crippen LogP contribution in [0.15, 0.2) is 29.6 Å². The minimum Gasteiger partial charge on any atom is -0.314 e. The van der Waals surface area contributed by atoms with Gasteiger partial charge in [-0.2, -0.15) is 26.3 Å². The van der Waals surface area contributed by atoms with Crippen LogP contribution in [0, 0.1) is 5.82 Å². The number of nitrogens with one attached hydrogen (secondary N) is 1. The Labute approximate surface area is 154 Å². The van der Waals surface area contributed by atoms with Crippen molar-refractivity contribution in [2.24, 2.45) is 0 Å². The fourth-order valence-electron chi connectivity index (χ4n) is 3.19. The van der Waals surface area contributed by atoms with Gasteiger partial charge in [0, 0.05) is 36.6 Å². The zero-order valence-electron chi connectivity index (χ0n) is 13.8. The maximum absolute atomic E-state index is 14.7. The molecular weight excluding hydrogens is 397 g/mol. The summed E-state index contributed by atoms with van der Waals surface area (Å²) in [6.45, 7) is 1.68. The fourth-order valence-corrected chi connectivity index (χ4v) is 4.05. The molecule has 0 bridgehead atoms. The van der Waals surface area contributed by atoms with Gasteiger partial charge >= 0.3 is 12.4 Å². The quantitative estimate of drug-likeness (QED) is 0.720. The van der Waals surface area contributed by atoms with Crippen LogP contribution < -0.4 is 5.32 Å². The molecule has 0 saturated carbocycles. The molecule has 1 fully saturated rings. The summed E-state index contributed by atoms with van der Waals surface area (Å²) in [6, 6.07) is 2.22. The summed E-state index contributed by atoms with van der Waals surface area (Å²) in [5.41, 5.74) is -4.01. The average molecular weight is 412 g/mol. The number of rotatable bonds is 3. The van der Waals surface area contributed by atoms with Crippen LogP contribution in [0.3, 0.4) is 0 Å². The highest BCUT2D eigenvalue weighted by molar-refractivity contribution is 7.10. The normalized spacial score (nSPS) is 17.9. The summed E-state index contributed by atoms with van der Waals surface area (Å²) >= 11 is 1.14. The average Bonchev–Trinajstić information content (AvgIpc) is 3.09. The van der Waals surface area contributed by atoms with Gasteiger partial charge in [-0.3, -0.25) is 4.90 Å². The topological polar surface area (TPSA) is 15.3 Å². The van der Waals surface area contributed by atoms with Gasteiger partial charge in [0.1, 0.15) is 5.82 Å². The van der Waals surface area contributed by atoms with E-state index in [0.717, 1.165) is 11.3 Å². The third kappa shape index (κ3) is 4.27. The molecule has 1 aromatic heterocycles. The molecule has 1 aliphatic rings. The van der Waals surface area contributed by atoms with Crippen molar-refractivity contribution in [1.29, 1.82) is 0 Å². The molecule has 0 aliphatic carbocycles. The highest BCUT2D eigenvalue weighted by Crippen LogP contribution is 2.44. The van der Waals surface area contributed by atoms with Gasteiger partial charge in [0.2, 0.25) is 0 Å². The zero-order valence-corrected chi connectivity index (χ0v) is 14.6. The number of hydrogen-bond acceptors (Lipinski definition) is 3. The van der Waals surface area contributed by atoms with Gasteiger partial charge in [-0.05, 0) is 23.6 Å². The van der Waals surface area contributed by atoms with E-state index in [1.54, 1.807) is 22.4 Å². The van der Waals surface area contributed by atoms with E-state index in [4.69, 9.17) is 0 Å². The highest BCUT2D eigenvalue weighted by Gasteiger charge is 2.43. The van der Waals surface area contributed by atoms with Crippen LogP contribution >= 0.6 is 11.3 Å². The molecule has 0 spiro atoms. The Hall–Kier alpha value is -1.65. The third-order valence-corrected chi connectivity index (χ3v) is 5.29. The van der Waals surface area contributed by atoms with E-state index in [9.17, 15) is 30.7 Å². The lowest BCUT2D eigenvalue weighted by Gasteiger charge is -2.36. The van der Waals surface area contributed by atoms with Crippen LogP contribution in [-0.4, -0.2) is 31.1 Å². The first kappa shape index (κ1) is 20.1. The molecule has 1 aliphatic heterocycles. The van der Waals surface area contributed by atoms with Crippen LogP contribution in [0.25, 0.3) is 0 Å². The van der Waals surface area contributed by atoms with E-state index in [2.05, 4.69) is 5.32 Å². The van der Waals surface area contributed by atoms with Gasteiger partial charge in [-0.25, -0.2) is 4.39 Å². The van der Waals surface area contributed by atoms with E-state index in [1.165, 1.54) is 0 Å². The van der Waals surface area contributed by atoms with Gasteiger partial charge in [0.05, 0.1) is 17.2 Å². The number of thiophene rings is 1. The SMILES string of the molecule is Fc1cc(C(F)(F)F)cc(C(F)(F)F)c1[C@H](c1cccs1)N1CCNCC1. The lowest BCUT2D eigenvalue weighted by atomic mass is 9.93. The van der Waals surface area contributed by atoms with Crippen molar-refractivity contribution in [3.8, 4) is 0 Å². The van der Waals surface area contributed by atoms with E-state index < -0.39 is 40.9 Å². The first-order valence-corrected chi connectivity index (χ1v) is 8.93. The lowest BCUT2D eigenvalue weighted by Crippen LogP contribution is -2.45. The van der Waals surface area contributed by atoms with E-state index >= 15 is 0 Å². The lowest BCUT2D eigenvalue weighted by molar-refractivity contribution is -0.144. The standard InChI is InChI=1S/C17H15F7N2S/c18-12-9-10(16(19,20)21)8-11(17(22,23)24)14(12)15(13-2-1-7-27-13)26-5-3-25-4-6-26/h1-2,7-9,15,25H,3-6H2/t15-/m0/s1. The van der Waals surface area contributed by atoms with Crippen LogP contribution in [0.2, 0.25) is 0 Å². The molecule has 2 heterocycles. The molecule has 2 nitrogen and oxygen atoms in total. The van der Waals surface area contributed by atoms with Gasteiger partial charge in [0.15, 0.2) is 0 Å². The Morgan fingerprint density at radius 2 is 1.67 bits per heavy atom. The number of halogens is 7. The van der Waals surface area contributed by atoms with Gasteiger partial charge in [-0.15, -0.1) is 11.3 Å². The van der Waals surface area contributed by atoms with E-state index in [-0.39, 0.29) is 12.1 Å². The van der Waals surface area contributed by atoms with E-state index in [0.29, 0.717) is 31.1 Å². The smallest absolute Gasteiger partial charge is 0.314 e. The Bertz CT molecular complexity index is 778. The summed E-state index contributed by atoms with van der Waals surface area (Å²) < 4.78 is 94.4. The Kier molecular flexibility index (Phi) is 5.51. The van der Waals surface area contributed by atoms with Crippen LogP contribution in [0.1, 0.15) is 27.6 Å². The summed E-state index contributed by atoms with van der Waals surface area (Å²) in [4.78, 5) is 2.10. The molecule has 3 rings (SSSR count). The maximum atomic E-state index is 14.7. The number of piperazine rings is 1. The molecule has 0 radical (unpaired) electrons. The van der Waals surface area contributed by atoms with Crippen LogP contribution in [-0.2, 0) is 12.4 Å². The molecule has 148 valence electrons. The number of benzene rings is 1. The predicted molar refractivity (Wildman–Crippen MR) is 87.0 cm³/mol.